The highest BCUT2D eigenvalue weighted by molar-refractivity contribution is 7.99. The van der Waals surface area contributed by atoms with Crippen LogP contribution < -0.4 is 15.9 Å². The molecule has 32 heavy (non-hydrogen) atoms. The number of thiophene rings is 1. The van der Waals surface area contributed by atoms with E-state index in [4.69, 9.17) is 10.6 Å². The van der Waals surface area contributed by atoms with Crippen LogP contribution in [0.1, 0.15) is 16.5 Å². The molecule has 3 N–H and O–H groups in total. The summed E-state index contributed by atoms with van der Waals surface area (Å²) in [6, 6.07) is 16.9. The van der Waals surface area contributed by atoms with Crippen LogP contribution in [0.25, 0.3) is 11.4 Å². The van der Waals surface area contributed by atoms with Gasteiger partial charge < -0.3 is 15.9 Å². The van der Waals surface area contributed by atoms with E-state index >= 15 is 0 Å². The second kappa shape index (κ2) is 9.84. The zero-order valence-electron chi connectivity index (χ0n) is 17.1. The number of carbonyl (C=O) groups is 1. The van der Waals surface area contributed by atoms with E-state index in [0.29, 0.717) is 22.3 Å². The van der Waals surface area contributed by atoms with E-state index in [9.17, 15) is 9.18 Å². The topological polar surface area (TPSA) is 95.1 Å². The van der Waals surface area contributed by atoms with E-state index in [1.807, 2.05) is 41.8 Å². The number of nitrogens with one attached hydrogen (secondary N) is 1. The number of hydrogen-bond donors (Lipinski definition) is 2. The van der Waals surface area contributed by atoms with Crippen LogP contribution in [-0.4, -0.2) is 33.6 Å². The summed E-state index contributed by atoms with van der Waals surface area (Å²) in [5.41, 5.74) is 1.50. The molecule has 2 heterocycles. The first kappa shape index (κ1) is 21.8. The molecule has 0 saturated carbocycles. The fourth-order valence-electron chi connectivity index (χ4n) is 3.15. The first-order chi connectivity index (χ1) is 15.6. The van der Waals surface area contributed by atoms with Crippen molar-refractivity contribution >= 4 is 29.0 Å². The lowest BCUT2D eigenvalue weighted by atomic mass is 10.1. The summed E-state index contributed by atoms with van der Waals surface area (Å²) in [4.78, 5) is 13.7. The number of rotatable bonds is 8. The number of nitrogens with two attached hydrogens (primary N) is 1. The third-order valence-electron chi connectivity index (χ3n) is 4.68. The predicted octanol–water partition coefficient (Wildman–Crippen LogP) is 3.87. The van der Waals surface area contributed by atoms with Crippen molar-refractivity contribution in [1.29, 1.82) is 0 Å². The van der Waals surface area contributed by atoms with Crippen molar-refractivity contribution in [3.05, 3.63) is 82.3 Å². The van der Waals surface area contributed by atoms with Gasteiger partial charge in [0.1, 0.15) is 11.6 Å². The molecule has 0 spiro atoms. The highest BCUT2D eigenvalue weighted by Gasteiger charge is 2.20. The number of hydrogen-bond acceptors (Lipinski definition) is 7. The number of benzene rings is 2. The lowest BCUT2D eigenvalue weighted by Crippen LogP contribution is -2.30. The number of aromatic nitrogens is 3. The Hall–Kier alpha value is -3.37. The lowest BCUT2D eigenvalue weighted by molar-refractivity contribution is -0.119. The molecule has 2 aromatic carbocycles. The largest absolute Gasteiger partial charge is 0.496 e. The summed E-state index contributed by atoms with van der Waals surface area (Å²) in [6.45, 7) is 0. The van der Waals surface area contributed by atoms with E-state index in [1.54, 1.807) is 19.2 Å². The molecule has 0 aliphatic carbocycles. The van der Waals surface area contributed by atoms with Gasteiger partial charge in [-0.05, 0) is 41.3 Å². The molecule has 0 aliphatic rings. The minimum atomic E-state index is -0.372. The molecule has 10 heteroatoms. The van der Waals surface area contributed by atoms with Crippen LogP contribution in [0.15, 0.2) is 71.2 Å². The maximum Gasteiger partial charge on any atom is 0.231 e. The molecule has 0 aliphatic heterocycles. The standard InChI is InChI=1S/C22H20FN5O2S2/c1-30-17-6-3-2-5-16(17)21-26-27-22(28(21)24)32-13-19(29)25-20(18-7-4-12-31-18)14-8-10-15(23)11-9-14/h2-12,20H,13,24H2,1H3,(H,25,29). The van der Waals surface area contributed by atoms with Crippen LogP contribution in [0, 0.1) is 5.82 Å². The minimum Gasteiger partial charge on any atom is -0.496 e. The van der Waals surface area contributed by atoms with E-state index in [0.717, 1.165) is 10.4 Å². The number of thioether (sulfide) groups is 1. The molecule has 1 amide bonds. The molecule has 164 valence electrons. The Kier molecular flexibility index (Phi) is 6.72. The number of carbonyl (C=O) groups excluding carboxylic acids is 1. The number of methoxy groups -OCH3 is 1. The van der Waals surface area contributed by atoms with Crippen molar-refractivity contribution in [3.8, 4) is 17.1 Å². The third kappa shape index (κ3) is 4.76. The van der Waals surface area contributed by atoms with Gasteiger partial charge in [0, 0.05) is 4.88 Å². The molecule has 1 unspecified atom stereocenters. The van der Waals surface area contributed by atoms with Crippen LogP contribution in [-0.2, 0) is 4.79 Å². The number of halogens is 1. The maximum atomic E-state index is 13.4. The Morgan fingerprint density at radius 2 is 1.97 bits per heavy atom. The predicted molar refractivity (Wildman–Crippen MR) is 124 cm³/mol. The molecule has 0 bridgehead atoms. The Labute approximate surface area is 192 Å². The smallest absolute Gasteiger partial charge is 0.231 e. The van der Waals surface area contributed by atoms with Gasteiger partial charge in [-0.1, -0.05) is 42.1 Å². The number of amides is 1. The van der Waals surface area contributed by atoms with Crippen LogP contribution in [0.4, 0.5) is 4.39 Å². The van der Waals surface area contributed by atoms with Gasteiger partial charge in [0.25, 0.3) is 0 Å². The van der Waals surface area contributed by atoms with Gasteiger partial charge in [0.15, 0.2) is 5.82 Å². The van der Waals surface area contributed by atoms with E-state index in [2.05, 4.69) is 15.5 Å². The van der Waals surface area contributed by atoms with Crippen molar-refractivity contribution < 1.29 is 13.9 Å². The molecule has 2 aromatic heterocycles. The first-order valence-corrected chi connectivity index (χ1v) is 11.5. The maximum absolute atomic E-state index is 13.4. The molecule has 4 rings (SSSR count). The summed E-state index contributed by atoms with van der Waals surface area (Å²) in [6.07, 6.45) is 0. The highest BCUT2D eigenvalue weighted by atomic mass is 32.2. The van der Waals surface area contributed by atoms with E-state index in [-0.39, 0.29) is 23.5 Å². The Bertz CT molecular complexity index is 1200. The fourth-order valence-corrected chi connectivity index (χ4v) is 4.62. The lowest BCUT2D eigenvalue weighted by Gasteiger charge is -2.18. The summed E-state index contributed by atoms with van der Waals surface area (Å²) in [5, 5.41) is 13.6. The van der Waals surface area contributed by atoms with Gasteiger partial charge in [-0.25, -0.2) is 9.07 Å². The van der Waals surface area contributed by atoms with Crippen LogP contribution in [0.2, 0.25) is 0 Å². The van der Waals surface area contributed by atoms with Crippen molar-refractivity contribution in [1.82, 2.24) is 20.2 Å². The van der Waals surface area contributed by atoms with Crippen LogP contribution in [0.5, 0.6) is 5.75 Å². The number of nitrogen functional groups attached to an aromatic ring is 1. The summed E-state index contributed by atoms with van der Waals surface area (Å²) >= 11 is 2.70. The van der Waals surface area contributed by atoms with Gasteiger partial charge in [-0.2, -0.15) is 0 Å². The van der Waals surface area contributed by atoms with Crippen molar-refractivity contribution in [3.63, 3.8) is 0 Å². The highest BCUT2D eigenvalue weighted by Crippen LogP contribution is 2.30. The van der Waals surface area contributed by atoms with Crippen LogP contribution >= 0.6 is 23.1 Å². The number of nitrogens with zero attached hydrogens (tertiary/aromatic N) is 3. The molecule has 7 nitrogen and oxygen atoms in total. The third-order valence-corrected chi connectivity index (χ3v) is 6.56. The van der Waals surface area contributed by atoms with Gasteiger partial charge in [0.05, 0.1) is 24.5 Å². The molecular formula is C22H20FN5O2S2. The van der Waals surface area contributed by atoms with Crippen molar-refractivity contribution in [2.24, 2.45) is 0 Å². The average Bonchev–Trinajstić information content (AvgIpc) is 3.47. The monoisotopic (exact) mass is 469 g/mol. The number of ether oxygens (including phenoxy) is 1. The summed E-state index contributed by atoms with van der Waals surface area (Å²) < 4.78 is 20.1. The molecular weight excluding hydrogens is 449 g/mol. The SMILES string of the molecule is COc1ccccc1-c1nnc(SCC(=O)NC(c2ccc(F)cc2)c2cccs2)n1N. The first-order valence-electron chi connectivity index (χ1n) is 9.61. The quantitative estimate of drug-likeness (QED) is 0.301. The number of para-hydroxylation sites is 1. The zero-order chi connectivity index (χ0) is 22.5. The Balaban J connectivity index is 1.46. The van der Waals surface area contributed by atoms with Gasteiger partial charge in [-0.15, -0.1) is 21.5 Å². The Morgan fingerprint density at radius 3 is 2.69 bits per heavy atom. The molecule has 4 aromatic rings. The normalized spacial score (nSPS) is 11.8. The second-order valence-electron chi connectivity index (χ2n) is 6.73. The van der Waals surface area contributed by atoms with Crippen LogP contribution in [0.3, 0.4) is 0 Å². The molecule has 0 radical (unpaired) electrons. The fraction of sp³-hybridized carbons (Fsp3) is 0.136. The molecule has 1 atom stereocenters. The summed E-state index contributed by atoms with van der Waals surface area (Å²) in [7, 11) is 1.57. The van der Waals surface area contributed by atoms with Gasteiger partial charge in [-0.3, -0.25) is 4.79 Å². The average molecular weight is 470 g/mol. The second-order valence-corrected chi connectivity index (χ2v) is 8.65. The molecule has 0 fully saturated rings. The van der Waals surface area contributed by atoms with Gasteiger partial charge >= 0.3 is 0 Å². The molecule has 0 saturated heterocycles. The minimum absolute atomic E-state index is 0.0876. The van der Waals surface area contributed by atoms with E-state index < -0.39 is 0 Å². The van der Waals surface area contributed by atoms with Gasteiger partial charge in [0.2, 0.25) is 11.1 Å². The summed E-state index contributed by atoms with van der Waals surface area (Å²) in [5.74, 6) is 6.79. The van der Waals surface area contributed by atoms with E-state index in [1.165, 1.54) is 39.9 Å². The van der Waals surface area contributed by atoms with Crippen molar-refractivity contribution in [2.45, 2.75) is 11.2 Å². The zero-order valence-corrected chi connectivity index (χ0v) is 18.7. The Morgan fingerprint density at radius 1 is 1.19 bits per heavy atom. The van der Waals surface area contributed by atoms with Crippen molar-refractivity contribution in [2.75, 3.05) is 18.7 Å².